The minimum atomic E-state index is -3.45. The fourth-order valence-electron chi connectivity index (χ4n) is 2.25. The van der Waals surface area contributed by atoms with Crippen molar-refractivity contribution in [3.8, 4) is 11.5 Å². The zero-order chi connectivity index (χ0) is 15.0. The summed E-state index contributed by atoms with van der Waals surface area (Å²) in [6.45, 7) is 0. The normalized spacial score (nSPS) is 16.1. The van der Waals surface area contributed by atoms with Gasteiger partial charge in [-0.2, -0.15) is 4.99 Å². The van der Waals surface area contributed by atoms with E-state index >= 15 is 0 Å². The molecule has 2 rings (SSSR count). The molecule has 1 aliphatic rings. The highest BCUT2D eigenvalue weighted by atomic mass is 32.2. The number of ether oxygens (including phenoxy) is 2. The van der Waals surface area contributed by atoms with Crippen molar-refractivity contribution >= 4 is 15.9 Å². The van der Waals surface area contributed by atoms with Gasteiger partial charge in [-0.3, -0.25) is 0 Å². The van der Waals surface area contributed by atoms with Gasteiger partial charge >= 0.3 is 0 Å². The predicted octanol–water partition coefficient (Wildman–Crippen LogP) is 1.43. The van der Waals surface area contributed by atoms with E-state index in [4.69, 9.17) is 9.47 Å². The van der Waals surface area contributed by atoms with Gasteiger partial charge in [0.15, 0.2) is 21.3 Å². The molecule has 6 nitrogen and oxygen atoms in total. The van der Waals surface area contributed by atoms with Crippen molar-refractivity contribution in [2.75, 3.05) is 20.5 Å². The van der Waals surface area contributed by atoms with Crippen molar-refractivity contribution in [2.45, 2.75) is 23.3 Å². The average molecular weight is 297 g/mol. The van der Waals surface area contributed by atoms with Crippen LogP contribution in [0, 0.1) is 0 Å². The quantitative estimate of drug-likeness (QED) is 0.606. The summed E-state index contributed by atoms with van der Waals surface area (Å²) in [7, 11) is -0.647. The Labute approximate surface area is 117 Å². The maximum atomic E-state index is 11.8. The van der Waals surface area contributed by atoms with Crippen LogP contribution in [0.15, 0.2) is 22.0 Å². The first kappa shape index (κ1) is 14.6. The third-order valence-electron chi connectivity index (χ3n) is 3.37. The highest BCUT2D eigenvalue weighted by molar-refractivity contribution is 7.90. The van der Waals surface area contributed by atoms with Crippen LogP contribution in [0.25, 0.3) is 0 Å². The number of benzene rings is 1. The van der Waals surface area contributed by atoms with E-state index in [1.807, 2.05) is 0 Å². The second kappa shape index (κ2) is 4.92. The monoisotopic (exact) mass is 297 g/mol. The van der Waals surface area contributed by atoms with Crippen LogP contribution in [0.3, 0.4) is 0 Å². The van der Waals surface area contributed by atoms with E-state index in [0.717, 1.165) is 6.26 Å². The van der Waals surface area contributed by atoms with Crippen LogP contribution >= 0.6 is 0 Å². The molecule has 0 saturated heterocycles. The Morgan fingerprint density at radius 3 is 2.20 bits per heavy atom. The molecule has 0 heterocycles. The van der Waals surface area contributed by atoms with Crippen molar-refractivity contribution in [3.05, 3.63) is 17.7 Å². The van der Waals surface area contributed by atoms with E-state index in [2.05, 4.69) is 4.99 Å². The highest BCUT2D eigenvalue weighted by Gasteiger charge is 2.48. The second-order valence-corrected chi connectivity index (χ2v) is 6.67. The van der Waals surface area contributed by atoms with E-state index in [1.54, 1.807) is 12.1 Å². The first-order valence-electron chi connectivity index (χ1n) is 5.94. The van der Waals surface area contributed by atoms with Gasteiger partial charge in [-0.1, -0.05) is 6.07 Å². The first-order valence-corrected chi connectivity index (χ1v) is 7.83. The summed E-state index contributed by atoms with van der Waals surface area (Å²) in [6.07, 6.45) is 4.05. The van der Waals surface area contributed by atoms with Crippen LogP contribution in [0.2, 0.25) is 0 Å². The Balaban J connectivity index is 2.71. The van der Waals surface area contributed by atoms with Crippen molar-refractivity contribution in [1.82, 2.24) is 0 Å². The lowest BCUT2D eigenvalue weighted by atomic mass is 10.0. The molecule has 1 saturated carbocycles. The Kier molecular flexibility index (Phi) is 3.58. The minimum Gasteiger partial charge on any atom is -0.492 e. The van der Waals surface area contributed by atoms with Gasteiger partial charge in [0.05, 0.1) is 14.2 Å². The molecule has 1 aliphatic carbocycles. The van der Waals surface area contributed by atoms with Gasteiger partial charge in [0.25, 0.3) is 0 Å². The maximum Gasteiger partial charge on any atom is 0.235 e. The number of nitrogens with zero attached hydrogens (tertiary/aromatic N) is 1. The van der Waals surface area contributed by atoms with E-state index < -0.39 is 15.4 Å². The Morgan fingerprint density at radius 2 is 1.80 bits per heavy atom. The molecule has 0 aliphatic heterocycles. The molecule has 1 fully saturated rings. The van der Waals surface area contributed by atoms with Crippen molar-refractivity contribution in [3.63, 3.8) is 0 Å². The maximum absolute atomic E-state index is 11.8. The number of carbonyl (C=O) groups excluding carboxylic acids is 1. The molecule has 0 spiro atoms. The number of methoxy groups -OCH3 is 2. The van der Waals surface area contributed by atoms with Crippen LogP contribution in [0.4, 0.5) is 0 Å². The zero-order valence-corrected chi connectivity index (χ0v) is 12.3. The highest BCUT2D eigenvalue weighted by Crippen LogP contribution is 2.55. The van der Waals surface area contributed by atoms with E-state index in [9.17, 15) is 13.2 Å². The molecule has 108 valence electrons. The lowest BCUT2D eigenvalue weighted by Crippen LogP contribution is -2.09. The smallest absolute Gasteiger partial charge is 0.235 e. The summed E-state index contributed by atoms with van der Waals surface area (Å²) in [5, 5.41) is 0. The van der Waals surface area contributed by atoms with Gasteiger partial charge in [0.2, 0.25) is 6.08 Å². The van der Waals surface area contributed by atoms with Crippen molar-refractivity contribution in [2.24, 2.45) is 4.99 Å². The SMILES string of the molecule is COc1c(C2(N=C=O)CC2)ccc(S(C)(=O)=O)c1OC. The third-order valence-corrected chi connectivity index (χ3v) is 4.49. The molecule has 0 N–H and O–H groups in total. The standard InChI is InChI=1S/C13H15NO5S/c1-18-11-9(13(6-7-13)14-8-15)4-5-10(12(11)19-2)20(3,16)17/h4-5H,6-7H2,1-3H3. The van der Waals surface area contributed by atoms with E-state index in [1.165, 1.54) is 20.3 Å². The number of hydrogen-bond donors (Lipinski definition) is 0. The molecule has 20 heavy (non-hydrogen) atoms. The summed E-state index contributed by atoms with van der Waals surface area (Å²) in [6, 6.07) is 3.07. The van der Waals surface area contributed by atoms with Crippen molar-refractivity contribution < 1.29 is 22.7 Å². The predicted molar refractivity (Wildman–Crippen MR) is 71.7 cm³/mol. The largest absolute Gasteiger partial charge is 0.492 e. The van der Waals surface area contributed by atoms with Crippen LogP contribution in [0.5, 0.6) is 11.5 Å². The summed E-state index contributed by atoms with van der Waals surface area (Å²) in [5.41, 5.74) is -0.0104. The molecule has 0 atom stereocenters. The van der Waals surface area contributed by atoms with Crippen LogP contribution in [-0.2, 0) is 20.2 Å². The Morgan fingerprint density at radius 1 is 1.20 bits per heavy atom. The molecule has 1 aromatic rings. The van der Waals surface area contributed by atoms with E-state index in [0.29, 0.717) is 24.2 Å². The molecule has 0 aromatic heterocycles. The first-order chi connectivity index (χ1) is 9.39. The molecule has 0 unspecified atom stereocenters. The molecule has 0 bridgehead atoms. The Bertz CT molecular complexity index is 685. The minimum absolute atomic E-state index is 0.0477. The molecular weight excluding hydrogens is 282 g/mol. The molecule has 0 amide bonds. The van der Waals surface area contributed by atoms with Crippen molar-refractivity contribution in [1.29, 1.82) is 0 Å². The fraction of sp³-hybridized carbons (Fsp3) is 0.462. The van der Waals surface area contributed by atoms with Gasteiger partial charge in [-0.05, 0) is 18.9 Å². The number of rotatable bonds is 5. The topological polar surface area (TPSA) is 82.0 Å². The third kappa shape index (κ3) is 2.30. The summed E-state index contributed by atoms with van der Waals surface area (Å²) in [4.78, 5) is 14.4. The fourth-order valence-corrected chi connectivity index (χ4v) is 3.07. The molecule has 0 radical (unpaired) electrons. The molecule has 1 aromatic carbocycles. The number of sulfone groups is 1. The number of aliphatic imine (C=N–C) groups is 1. The lowest BCUT2D eigenvalue weighted by Gasteiger charge is -2.18. The molecular formula is C13H15NO5S. The summed E-state index contributed by atoms with van der Waals surface area (Å²) in [5.74, 6) is 0.437. The van der Waals surface area contributed by atoms with Crippen LogP contribution in [-0.4, -0.2) is 35.0 Å². The zero-order valence-electron chi connectivity index (χ0n) is 11.5. The van der Waals surface area contributed by atoms with Gasteiger partial charge in [-0.25, -0.2) is 13.2 Å². The average Bonchev–Trinajstić information content (AvgIpc) is 3.17. The van der Waals surface area contributed by atoms with Gasteiger partial charge in [0.1, 0.15) is 10.4 Å². The number of isocyanates is 1. The molecule has 7 heteroatoms. The van der Waals surface area contributed by atoms with Crippen LogP contribution < -0.4 is 9.47 Å². The lowest BCUT2D eigenvalue weighted by molar-refractivity contribution is 0.341. The van der Waals surface area contributed by atoms with Crippen LogP contribution in [0.1, 0.15) is 18.4 Å². The second-order valence-electron chi connectivity index (χ2n) is 4.68. The Hall–Kier alpha value is -1.85. The summed E-state index contributed by atoms with van der Waals surface area (Å²) >= 11 is 0. The van der Waals surface area contributed by atoms with Gasteiger partial charge in [0, 0.05) is 11.8 Å². The number of hydrogen-bond acceptors (Lipinski definition) is 6. The van der Waals surface area contributed by atoms with Gasteiger partial charge in [-0.15, -0.1) is 0 Å². The summed E-state index contributed by atoms with van der Waals surface area (Å²) < 4.78 is 34.0. The van der Waals surface area contributed by atoms with Gasteiger partial charge < -0.3 is 9.47 Å². The van der Waals surface area contributed by atoms with E-state index in [-0.39, 0.29) is 10.6 Å².